The molecule has 0 amide bonds. The fourth-order valence-electron chi connectivity index (χ4n) is 1.89. The van der Waals surface area contributed by atoms with Gasteiger partial charge in [0.1, 0.15) is 0 Å². The van der Waals surface area contributed by atoms with Crippen molar-refractivity contribution in [2.45, 2.75) is 19.9 Å². The molecule has 0 spiro atoms. The highest BCUT2D eigenvalue weighted by molar-refractivity contribution is 5.60. The summed E-state index contributed by atoms with van der Waals surface area (Å²) >= 11 is 0. The molecular formula is C14H16N. The maximum Gasteiger partial charge on any atom is 0.0482 e. The fourth-order valence-corrected chi connectivity index (χ4v) is 1.89. The van der Waals surface area contributed by atoms with Crippen LogP contribution in [0.4, 0.5) is 0 Å². The zero-order valence-electron chi connectivity index (χ0n) is 9.11. The van der Waals surface area contributed by atoms with Gasteiger partial charge in [0.2, 0.25) is 0 Å². The number of nitrogens with zero attached hydrogens (tertiary/aromatic N) is 1. The molecule has 0 saturated carbocycles. The van der Waals surface area contributed by atoms with Gasteiger partial charge in [-0.2, -0.15) is 0 Å². The Labute approximate surface area is 91.4 Å². The fraction of sp³-hybridized carbons (Fsp3) is 0.214. The van der Waals surface area contributed by atoms with Crippen molar-refractivity contribution in [3.63, 3.8) is 0 Å². The molecule has 0 fully saturated rings. The van der Waals surface area contributed by atoms with E-state index < -0.39 is 0 Å². The number of hydrogen-bond acceptors (Lipinski definition) is 0. The van der Waals surface area contributed by atoms with Gasteiger partial charge in [-0.1, -0.05) is 37.3 Å². The molecule has 1 radical (unpaired) electrons. The minimum absolute atomic E-state index is 0.926. The molecular weight excluding hydrogens is 182 g/mol. The average molecular weight is 198 g/mol. The average Bonchev–Trinajstić information content (AvgIpc) is 2.63. The number of aryl methyl sites for hydroxylation is 1. The van der Waals surface area contributed by atoms with Crippen molar-refractivity contribution in [1.82, 2.24) is 4.57 Å². The lowest BCUT2D eigenvalue weighted by Gasteiger charge is -2.10. The summed E-state index contributed by atoms with van der Waals surface area (Å²) in [5, 5.41) is 0. The van der Waals surface area contributed by atoms with Crippen LogP contribution in [0.3, 0.4) is 0 Å². The van der Waals surface area contributed by atoms with E-state index in [0.29, 0.717) is 0 Å². The summed E-state index contributed by atoms with van der Waals surface area (Å²) in [6, 6.07) is 14.8. The molecule has 1 nitrogen and oxygen atoms in total. The largest absolute Gasteiger partial charge is 0.345 e. The van der Waals surface area contributed by atoms with E-state index in [1.807, 2.05) is 6.07 Å². The normalized spacial score (nSPS) is 10.5. The van der Waals surface area contributed by atoms with E-state index in [9.17, 15) is 0 Å². The summed E-state index contributed by atoms with van der Waals surface area (Å²) < 4.78 is 2.32. The van der Waals surface area contributed by atoms with Gasteiger partial charge in [0.15, 0.2) is 0 Å². The number of benzene rings is 1. The monoisotopic (exact) mass is 198 g/mol. The van der Waals surface area contributed by atoms with Gasteiger partial charge in [0.05, 0.1) is 0 Å². The zero-order valence-corrected chi connectivity index (χ0v) is 9.11. The summed E-state index contributed by atoms with van der Waals surface area (Å²) in [7, 11) is 0. The van der Waals surface area contributed by atoms with Crippen molar-refractivity contribution in [2.75, 3.05) is 0 Å². The third-order valence-corrected chi connectivity index (χ3v) is 2.65. The molecule has 0 N–H and O–H groups in total. The van der Waals surface area contributed by atoms with E-state index in [1.54, 1.807) is 0 Å². The Morgan fingerprint density at radius 1 is 1.07 bits per heavy atom. The lowest BCUT2D eigenvalue weighted by Crippen LogP contribution is -2.00. The van der Waals surface area contributed by atoms with Crippen LogP contribution in [0, 0.1) is 13.8 Å². The Balaban J connectivity index is 2.44. The first-order chi connectivity index (χ1) is 7.33. The van der Waals surface area contributed by atoms with Crippen LogP contribution in [-0.2, 0) is 6.54 Å². The Bertz CT molecular complexity index is 426. The highest BCUT2D eigenvalue weighted by Crippen LogP contribution is 2.22. The molecule has 0 aliphatic carbocycles. The van der Waals surface area contributed by atoms with Crippen LogP contribution in [0.2, 0.25) is 0 Å². The summed E-state index contributed by atoms with van der Waals surface area (Å²) in [5.41, 5.74) is 3.87. The number of aromatic nitrogens is 1. The van der Waals surface area contributed by atoms with E-state index in [2.05, 4.69) is 54.8 Å². The Kier molecular flexibility index (Phi) is 2.91. The summed E-state index contributed by atoms with van der Waals surface area (Å²) in [4.78, 5) is 0. The highest BCUT2D eigenvalue weighted by Gasteiger charge is 2.05. The van der Waals surface area contributed by atoms with Gasteiger partial charge in [-0.05, 0) is 31.0 Å². The van der Waals surface area contributed by atoms with E-state index in [-0.39, 0.29) is 0 Å². The van der Waals surface area contributed by atoms with E-state index >= 15 is 0 Å². The number of hydrogen-bond donors (Lipinski definition) is 0. The van der Waals surface area contributed by atoms with E-state index in [1.165, 1.54) is 17.0 Å². The molecule has 2 aromatic rings. The minimum atomic E-state index is 0.926. The molecule has 1 heteroatoms. The molecule has 0 saturated heterocycles. The van der Waals surface area contributed by atoms with Crippen molar-refractivity contribution >= 4 is 0 Å². The van der Waals surface area contributed by atoms with Gasteiger partial charge in [0.25, 0.3) is 0 Å². The standard InChI is InChI=1S/C14H16N/c1-3-11-15-12(2)9-10-14(15)13-7-5-4-6-8-13/h4-10H,1,3,11H2,2H3. The van der Waals surface area contributed by atoms with Crippen LogP contribution in [0.25, 0.3) is 11.3 Å². The van der Waals surface area contributed by atoms with Crippen molar-refractivity contribution in [3.05, 3.63) is 55.1 Å². The van der Waals surface area contributed by atoms with E-state index in [0.717, 1.165) is 13.0 Å². The molecule has 0 bridgehead atoms. The van der Waals surface area contributed by atoms with Crippen LogP contribution in [0.15, 0.2) is 42.5 Å². The molecule has 77 valence electrons. The predicted molar refractivity (Wildman–Crippen MR) is 64.6 cm³/mol. The molecule has 0 aliphatic heterocycles. The second-order valence-corrected chi connectivity index (χ2v) is 3.73. The van der Waals surface area contributed by atoms with Gasteiger partial charge in [-0.3, -0.25) is 0 Å². The van der Waals surface area contributed by atoms with Gasteiger partial charge < -0.3 is 4.57 Å². The predicted octanol–water partition coefficient (Wildman–Crippen LogP) is 3.69. The van der Waals surface area contributed by atoms with Gasteiger partial charge in [0, 0.05) is 17.9 Å². The minimum Gasteiger partial charge on any atom is -0.345 e. The van der Waals surface area contributed by atoms with Crippen molar-refractivity contribution in [2.24, 2.45) is 0 Å². The first-order valence-electron chi connectivity index (χ1n) is 5.33. The second-order valence-electron chi connectivity index (χ2n) is 3.73. The second kappa shape index (κ2) is 4.35. The molecule has 1 aromatic carbocycles. The summed E-state index contributed by atoms with van der Waals surface area (Å²) in [5.74, 6) is 0. The van der Waals surface area contributed by atoms with Crippen LogP contribution < -0.4 is 0 Å². The molecule has 1 heterocycles. The van der Waals surface area contributed by atoms with E-state index in [4.69, 9.17) is 0 Å². The molecule has 0 unspecified atom stereocenters. The molecule has 15 heavy (non-hydrogen) atoms. The molecule has 1 aromatic heterocycles. The third-order valence-electron chi connectivity index (χ3n) is 2.65. The Hall–Kier alpha value is -1.50. The van der Waals surface area contributed by atoms with Gasteiger partial charge in [-0.15, -0.1) is 0 Å². The molecule has 2 rings (SSSR count). The lowest BCUT2D eigenvalue weighted by atomic mass is 10.1. The maximum atomic E-state index is 3.92. The quantitative estimate of drug-likeness (QED) is 0.709. The van der Waals surface area contributed by atoms with Crippen molar-refractivity contribution in [1.29, 1.82) is 0 Å². The van der Waals surface area contributed by atoms with Crippen LogP contribution in [0.1, 0.15) is 12.1 Å². The molecule has 0 atom stereocenters. The summed E-state index contributed by atoms with van der Waals surface area (Å²) in [6.07, 6.45) is 0.926. The SMILES string of the molecule is [CH2]CCn1c(C)ccc1-c1ccccc1. The topological polar surface area (TPSA) is 4.93 Å². The third kappa shape index (κ3) is 1.96. The van der Waals surface area contributed by atoms with Crippen LogP contribution >= 0.6 is 0 Å². The Morgan fingerprint density at radius 3 is 2.47 bits per heavy atom. The lowest BCUT2D eigenvalue weighted by molar-refractivity contribution is 0.699. The highest BCUT2D eigenvalue weighted by atomic mass is 15.0. The first kappa shape index (κ1) is 10.0. The van der Waals surface area contributed by atoms with Gasteiger partial charge >= 0.3 is 0 Å². The van der Waals surface area contributed by atoms with Crippen LogP contribution in [0.5, 0.6) is 0 Å². The Morgan fingerprint density at radius 2 is 1.80 bits per heavy atom. The molecule has 0 aliphatic rings. The van der Waals surface area contributed by atoms with Crippen molar-refractivity contribution < 1.29 is 0 Å². The first-order valence-corrected chi connectivity index (χ1v) is 5.33. The smallest absolute Gasteiger partial charge is 0.0482 e. The van der Waals surface area contributed by atoms with Gasteiger partial charge in [-0.25, -0.2) is 0 Å². The van der Waals surface area contributed by atoms with Crippen LogP contribution in [-0.4, -0.2) is 4.57 Å². The zero-order chi connectivity index (χ0) is 10.7. The van der Waals surface area contributed by atoms with Crippen molar-refractivity contribution in [3.8, 4) is 11.3 Å². The maximum absolute atomic E-state index is 3.92. The summed E-state index contributed by atoms with van der Waals surface area (Å²) in [6.45, 7) is 7.05. The number of rotatable bonds is 3.